The van der Waals surface area contributed by atoms with Gasteiger partial charge >= 0.3 is 0 Å². The van der Waals surface area contributed by atoms with Gasteiger partial charge in [-0.05, 0) is 49.2 Å². The zero-order chi connectivity index (χ0) is 24.3. The minimum absolute atomic E-state index is 0.0435. The Kier molecular flexibility index (Phi) is 6.89. The third-order valence-electron chi connectivity index (χ3n) is 5.85. The van der Waals surface area contributed by atoms with Gasteiger partial charge in [-0.3, -0.25) is 19.4 Å². The Morgan fingerprint density at radius 2 is 1.91 bits per heavy atom. The van der Waals surface area contributed by atoms with E-state index in [0.717, 1.165) is 28.6 Å². The molecule has 12 heteroatoms. The van der Waals surface area contributed by atoms with Gasteiger partial charge in [0.2, 0.25) is 21.8 Å². The maximum absolute atomic E-state index is 13.4. The third kappa shape index (κ3) is 4.92. The van der Waals surface area contributed by atoms with Gasteiger partial charge in [0.1, 0.15) is 17.9 Å². The molecule has 2 atom stereocenters. The molecule has 3 heterocycles. The number of halogens is 1. The third-order valence-corrected chi connectivity index (χ3v) is 7.77. The molecule has 0 saturated carbocycles. The number of pyridine rings is 1. The molecule has 0 radical (unpaired) electrons. The molecule has 180 valence electrons. The van der Waals surface area contributed by atoms with E-state index >= 15 is 0 Å². The van der Waals surface area contributed by atoms with Crippen LogP contribution in [0.2, 0.25) is 0 Å². The fraction of sp³-hybridized carbons (Fsp3) is 0.364. The van der Waals surface area contributed by atoms with Crippen molar-refractivity contribution in [1.29, 1.82) is 0 Å². The molecule has 2 unspecified atom stereocenters. The molecule has 3 amide bonds. The van der Waals surface area contributed by atoms with Crippen molar-refractivity contribution in [3.05, 3.63) is 60.2 Å². The highest BCUT2D eigenvalue weighted by Gasteiger charge is 2.42. The van der Waals surface area contributed by atoms with Gasteiger partial charge in [0, 0.05) is 38.6 Å². The quantitative estimate of drug-likeness (QED) is 0.615. The Hall–Kier alpha value is -3.38. The van der Waals surface area contributed by atoms with E-state index in [1.807, 2.05) is 0 Å². The molecule has 2 aromatic rings. The van der Waals surface area contributed by atoms with Gasteiger partial charge in [0.15, 0.2) is 0 Å². The highest BCUT2D eigenvalue weighted by atomic mass is 32.2. The number of carbonyl (C=O) groups excluding carboxylic acids is 3. The van der Waals surface area contributed by atoms with Crippen molar-refractivity contribution in [1.82, 2.24) is 24.8 Å². The van der Waals surface area contributed by atoms with E-state index < -0.39 is 33.8 Å². The molecular weight excluding hydrogens is 465 g/mol. The number of amides is 3. The van der Waals surface area contributed by atoms with Crippen molar-refractivity contribution in [3.8, 4) is 0 Å². The smallest absolute Gasteiger partial charge is 0.255 e. The number of benzene rings is 1. The number of nitrogens with one attached hydrogen (secondary N) is 2. The van der Waals surface area contributed by atoms with E-state index in [1.165, 1.54) is 17.3 Å². The van der Waals surface area contributed by atoms with Crippen molar-refractivity contribution in [3.63, 3.8) is 0 Å². The van der Waals surface area contributed by atoms with Crippen LogP contribution in [-0.2, 0) is 19.6 Å². The molecule has 0 spiro atoms. The lowest BCUT2D eigenvalue weighted by molar-refractivity contribution is -0.132. The van der Waals surface area contributed by atoms with Gasteiger partial charge in [-0.15, -0.1) is 0 Å². The number of rotatable bonds is 5. The Morgan fingerprint density at radius 1 is 1.15 bits per heavy atom. The number of aromatic nitrogens is 1. The summed E-state index contributed by atoms with van der Waals surface area (Å²) in [6.45, 7) is 0.184. The summed E-state index contributed by atoms with van der Waals surface area (Å²) in [5.41, 5.74) is 0.308. The van der Waals surface area contributed by atoms with Gasteiger partial charge in [0.05, 0.1) is 10.5 Å². The van der Waals surface area contributed by atoms with Crippen molar-refractivity contribution in [2.75, 3.05) is 26.2 Å². The maximum Gasteiger partial charge on any atom is 0.255 e. The summed E-state index contributed by atoms with van der Waals surface area (Å²) in [4.78, 5) is 43.5. The Bertz CT molecular complexity index is 1180. The minimum atomic E-state index is -4.19. The molecule has 2 saturated heterocycles. The van der Waals surface area contributed by atoms with Crippen molar-refractivity contribution in [2.45, 2.75) is 29.8 Å². The summed E-state index contributed by atoms with van der Waals surface area (Å²) in [7, 11) is -4.19. The zero-order valence-corrected chi connectivity index (χ0v) is 19.0. The second kappa shape index (κ2) is 9.85. The molecule has 10 nitrogen and oxygen atoms in total. The van der Waals surface area contributed by atoms with E-state index in [-0.39, 0.29) is 36.3 Å². The first-order valence-electron chi connectivity index (χ1n) is 10.8. The molecule has 1 aromatic carbocycles. The Morgan fingerprint density at radius 3 is 2.59 bits per heavy atom. The van der Waals surface area contributed by atoms with Crippen molar-refractivity contribution < 1.29 is 27.2 Å². The summed E-state index contributed by atoms with van der Waals surface area (Å²) < 4.78 is 41.1. The fourth-order valence-corrected chi connectivity index (χ4v) is 5.61. The van der Waals surface area contributed by atoms with Gasteiger partial charge in [-0.1, -0.05) is 0 Å². The summed E-state index contributed by atoms with van der Waals surface area (Å²) in [6.07, 6.45) is 4.01. The lowest BCUT2D eigenvalue weighted by Crippen LogP contribution is -2.63. The summed E-state index contributed by atoms with van der Waals surface area (Å²) in [6, 6.07) is 5.42. The van der Waals surface area contributed by atoms with E-state index in [4.69, 9.17) is 0 Å². The van der Waals surface area contributed by atoms with Gasteiger partial charge in [-0.25, -0.2) is 12.8 Å². The van der Waals surface area contributed by atoms with Gasteiger partial charge in [0.25, 0.3) is 5.91 Å². The molecule has 34 heavy (non-hydrogen) atoms. The first kappa shape index (κ1) is 23.8. The first-order chi connectivity index (χ1) is 16.3. The Balaban J connectivity index is 1.62. The number of carbonyl (C=O) groups is 3. The van der Waals surface area contributed by atoms with Crippen LogP contribution in [0.3, 0.4) is 0 Å². The number of hydrogen-bond donors (Lipinski definition) is 2. The number of sulfonamides is 1. The molecule has 0 bridgehead atoms. The van der Waals surface area contributed by atoms with E-state index in [0.29, 0.717) is 24.9 Å². The molecule has 2 aliphatic heterocycles. The monoisotopic (exact) mass is 489 g/mol. The van der Waals surface area contributed by atoms with Crippen LogP contribution in [-0.4, -0.2) is 78.6 Å². The molecule has 4 rings (SSSR count). The van der Waals surface area contributed by atoms with Crippen LogP contribution < -0.4 is 10.6 Å². The summed E-state index contributed by atoms with van der Waals surface area (Å²) >= 11 is 0. The number of piperazine rings is 1. The van der Waals surface area contributed by atoms with Crippen LogP contribution in [0.5, 0.6) is 0 Å². The largest absolute Gasteiger partial charge is 0.354 e. The Labute approximate surface area is 196 Å². The first-order valence-corrected chi connectivity index (χ1v) is 12.3. The van der Waals surface area contributed by atoms with Crippen molar-refractivity contribution >= 4 is 27.7 Å². The average molecular weight is 490 g/mol. The zero-order valence-electron chi connectivity index (χ0n) is 18.2. The predicted octanol–water partition coefficient (Wildman–Crippen LogP) is 0.131. The van der Waals surface area contributed by atoms with Gasteiger partial charge < -0.3 is 15.5 Å². The summed E-state index contributed by atoms with van der Waals surface area (Å²) in [5, 5.41) is 5.30. The van der Waals surface area contributed by atoms with Crippen LogP contribution in [0, 0.1) is 5.82 Å². The highest BCUT2D eigenvalue weighted by Crippen LogP contribution is 2.23. The molecular formula is C22H24FN5O5S. The molecule has 2 fully saturated rings. The van der Waals surface area contributed by atoms with Crippen LogP contribution in [0.4, 0.5) is 4.39 Å². The van der Waals surface area contributed by atoms with E-state index in [1.54, 1.807) is 12.1 Å². The lowest BCUT2D eigenvalue weighted by atomic mass is 10.1. The molecule has 0 aliphatic carbocycles. The van der Waals surface area contributed by atoms with Gasteiger partial charge in [-0.2, -0.15) is 4.31 Å². The second-order valence-corrected chi connectivity index (χ2v) is 9.96. The highest BCUT2D eigenvalue weighted by molar-refractivity contribution is 7.89. The summed E-state index contributed by atoms with van der Waals surface area (Å²) in [5.74, 6) is -2.01. The second-order valence-electron chi connectivity index (χ2n) is 8.07. The molecule has 1 aromatic heterocycles. The number of piperidine rings is 1. The van der Waals surface area contributed by atoms with Crippen LogP contribution in [0.25, 0.3) is 0 Å². The fourth-order valence-electron chi connectivity index (χ4n) is 4.04. The van der Waals surface area contributed by atoms with Crippen molar-refractivity contribution in [2.24, 2.45) is 0 Å². The molecule has 2 aliphatic rings. The van der Waals surface area contributed by atoms with E-state index in [9.17, 15) is 27.2 Å². The topological polar surface area (TPSA) is 129 Å². The minimum Gasteiger partial charge on any atom is -0.354 e. The lowest BCUT2D eigenvalue weighted by Gasteiger charge is -2.40. The van der Waals surface area contributed by atoms with Crippen LogP contribution in [0.15, 0.2) is 53.7 Å². The number of nitrogens with zero attached hydrogens (tertiary/aromatic N) is 3. The average Bonchev–Trinajstić information content (AvgIpc) is 2.85. The van der Waals surface area contributed by atoms with Crippen LogP contribution >= 0.6 is 0 Å². The molecule has 2 N–H and O–H groups in total. The predicted molar refractivity (Wildman–Crippen MR) is 118 cm³/mol. The van der Waals surface area contributed by atoms with E-state index in [2.05, 4.69) is 15.6 Å². The standard InChI is InChI=1S/C22H24FN5O5S/c23-16-5-7-17(8-6-16)34(32,33)28-12-11-27(22(31)15-3-1-9-24-13-15)14-19(28)21(30)26-18-4-2-10-25-20(18)29/h1,3,5-9,13,18-19H,2,4,10-12,14H2,(H,25,29)(H,26,30). The maximum atomic E-state index is 13.4. The SMILES string of the molecule is O=C1NCCCC1NC(=O)C1CN(C(=O)c2cccnc2)CCN1S(=O)(=O)c1ccc(F)cc1. The van der Waals surface area contributed by atoms with Crippen LogP contribution in [0.1, 0.15) is 23.2 Å². The normalized spacial score (nSPS) is 21.6. The number of hydrogen-bond acceptors (Lipinski definition) is 6.